The standard InChI is InChI=1S/C10H11NS/c1-8-3-2-4-9(7-8)10-5-6-12-11-10/h2-5,7,11H,6H2,1H3. The van der Waals surface area contributed by atoms with E-state index in [0.29, 0.717) is 0 Å². The fraction of sp³-hybridized carbons (Fsp3) is 0.200. The third kappa shape index (κ3) is 1.48. The highest BCUT2D eigenvalue weighted by Crippen LogP contribution is 2.20. The molecule has 2 heteroatoms. The molecule has 0 atom stereocenters. The van der Waals surface area contributed by atoms with E-state index in [1.165, 1.54) is 16.8 Å². The van der Waals surface area contributed by atoms with Crippen LogP contribution in [0.25, 0.3) is 5.70 Å². The number of rotatable bonds is 1. The van der Waals surface area contributed by atoms with Gasteiger partial charge >= 0.3 is 0 Å². The molecule has 0 aliphatic carbocycles. The highest BCUT2D eigenvalue weighted by Gasteiger charge is 2.05. The summed E-state index contributed by atoms with van der Waals surface area (Å²) in [7, 11) is 0. The number of hydrogen-bond donors (Lipinski definition) is 1. The minimum atomic E-state index is 1.07. The van der Waals surface area contributed by atoms with Crippen LogP contribution in [0.3, 0.4) is 0 Å². The normalized spacial score (nSPS) is 15.6. The highest BCUT2D eigenvalue weighted by atomic mass is 32.2. The molecule has 1 aliphatic heterocycles. The average Bonchev–Trinajstić information content (AvgIpc) is 2.56. The van der Waals surface area contributed by atoms with Gasteiger partial charge in [0.15, 0.2) is 0 Å². The second-order valence-electron chi connectivity index (χ2n) is 2.90. The van der Waals surface area contributed by atoms with Gasteiger partial charge in [0.05, 0.1) is 0 Å². The third-order valence-corrected chi connectivity index (χ3v) is 2.58. The zero-order valence-corrected chi connectivity index (χ0v) is 7.82. The topological polar surface area (TPSA) is 12.0 Å². The summed E-state index contributed by atoms with van der Waals surface area (Å²) in [5.74, 6) is 1.07. The van der Waals surface area contributed by atoms with Crippen LogP contribution in [-0.2, 0) is 0 Å². The summed E-state index contributed by atoms with van der Waals surface area (Å²) in [5.41, 5.74) is 3.86. The largest absolute Gasteiger partial charge is 0.329 e. The highest BCUT2D eigenvalue weighted by molar-refractivity contribution is 7.98. The lowest BCUT2D eigenvalue weighted by molar-refractivity contribution is 1.39. The van der Waals surface area contributed by atoms with E-state index in [1.54, 1.807) is 11.9 Å². The van der Waals surface area contributed by atoms with Crippen molar-refractivity contribution in [1.29, 1.82) is 0 Å². The molecule has 0 saturated heterocycles. The van der Waals surface area contributed by atoms with Crippen LogP contribution in [0, 0.1) is 6.92 Å². The van der Waals surface area contributed by atoms with Crippen LogP contribution in [-0.4, -0.2) is 5.75 Å². The number of hydrogen-bond acceptors (Lipinski definition) is 2. The second kappa shape index (κ2) is 3.23. The maximum atomic E-state index is 3.28. The molecular weight excluding hydrogens is 166 g/mol. The molecule has 1 aromatic rings. The van der Waals surface area contributed by atoms with Crippen molar-refractivity contribution in [3.05, 3.63) is 41.5 Å². The average molecular weight is 177 g/mol. The van der Waals surface area contributed by atoms with Crippen molar-refractivity contribution in [2.24, 2.45) is 0 Å². The molecule has 1 heterocycles. The van der Waals surface area contributed by atoms with E-state index in [0.717, 1.165) is 5.75 Å². The Kier molecular flexibility index (Phi) is 2.09. The van der Waals surface area contributed by atoms with E-state index >= 15 is 0 Å². The molecule has 0 spiro atoms. The van der Waals surface area contributed by atoms with Gasteiger partial charge in [0.25, 0.3) is 0 Å². The molecule has 62 valence electrons. The Bertz CT molecular complexity index is 317. The summed E-state index contributed by atoms with van der Waals surface area (Å²) in [6.45, 7) is 2.12. The molecule has 1 aliphatic rings. The molecule has 0 fully saturated rings. The Balaban J connectivity index is 2.33. The van der Waals surface area contributed by atoms with Crippen LogP contribution in [0.15, 0.2) is 30.3 Å². The Morgan fingerprint density at radius 3 is 3.00 bits per heavy atom. The van der Waals surface area contributed by atoms with Gasteiger partial charge in [0.2, 0.25) is 0 Å². The van der Waals surface area contributed by atoms with Gasteiger partial charge in [0, 0.05) is 11.4 Å². The first-order valence-corrected chi connectivity index (χ1v) is 5.00. The van der Waals surface area contributed by atoms with E-state index in [9.17, 15) is 0 Å². The van der Waals surface area contributed by atoms with Gasteiger partial charge in [0.1, 0.15) is 0 Å². The number of benzene rings is 1. The molecule has 0 amide bonds. The van der Waals surface area contributed by atoms with Crippen molar-refractivity contribution in [3.63, 3.8) is 0 Å². The fourth-order valence-corrected chi connectivity index (χ4v) is 1.97. The van der Waals surface area contributed by atoms with Crippen LogP contribution in [0.1, 0.15) is 11.1 Å². The van der Waals surface area contributed by atoms with Gasteiger partial charge in [-0.1, -0.05) is 23.8 Å². The monoisotopic (exact) mass is 177 g/mol. The van der Waals surface area contributed by atoms with Crippen molar-refractivity contribution in [2.45, 2.75) is 6.92 Å². The molecule has 0 saturated carbocycles. The summed E-state index contributed by atoms with van der Waals surface area (Å²) >= 11 is 1.74. The molecule has 1 N–H and O–H groups in total. The summed E-state index contributed by atoms with van der Waals surface area (Å²) < 4.78 is 3.28. The summed E-state index contributed by atoms with van der Waals surface area (Å²) in [5, 5.41) is 0. The Morgan fingerprint density at radius 2 is 2.33 bits per heavy atom. The molecule has 0 radical (unpaired) electrons. The third-order valence-electron chi connectivity index (χ3n) is 1.88. The summed E-state index contributed by atoms with van der Waals surface area (Å²) in [4.78, 5) is 0. The predicted molar refractivity (Wildman–Crippen MR) is 54.7 cm³/mol. The fourth-order valence-electron chi connectivity index (χ4n) is 1.28. The maximum Gasteiger partial charge on any atom is 0.0481 e. The van der Waals surface area contributed by atoms with E-state index < -0.39 is 0 Å². The number of aryl methyl sites for hydroxylation is 1. The zero-order valence-electron chi connectivity index (χ0n) is 7.00. The van der Waals surface area contributed by atoms with Crippen molar-refractivity contribution < 1.29 is 0 Å². The van der Waals surface area contributed by atoms with Crippen molar-refractivity contribution >= 4 is 17.6 Å². The lowest BCUT2D eigenvalue weighted by Crippen LogP contribution is -1.96. The first-order valence-electron chi connectivity index (χ1n) is 4.01. The smallest absolute Gasteiger partial charge is 0.0481 e. The van der Waals surface area contributed by atoms with Crippen LogP contribution < -0.4 is 4.72 Å². The summed E-state index contributed by atoms with van der Waals surface area (Å²) in [6, 6.07) is 8.55. The lowest BCUT2D eigenvalue weighted by atomic mass is 10.1. The van der Waals surface area contributed by atoms with Gasteiger partial charge in [-0.3, -0.25) is 0 Å². The van der Waals surface area contributed by atoms with Crippen molar-refractivity contribution in [3.8, 4) is 0 Å². The minimum absolute atomic E-state index is 1.07. The quantitative estimate of drug-likeness (QED) is 0.662. The number of nitrogens with one attached hydrogen (secondary N) is 1. The van der Waals surface area contributed by atoms with E-state index in [-0.39, 0.29) is 0 Å². The summed E-state index contributed by atoms with van der Waals surface area (Å²) in [6.07, 6.45) is 2.22. The molecule has 1 aromatic carbocycles. The first-order chi connectivity index (χ1) is 5.86. The molecule has 0 aromatic heterocycles. The van der Waals surface area contributed by atoms with Gasteiger partial charge < -0.3 is 4.72 Å². The van der Waals surface area contributed by atoms with Crippen LogP contribution in [0.2, 0.25) is 0 Å². The first kappa shape index (κ1) is 7.74. The van der Waals surface area contributed by atoms with Gasteiger partial charge in [-0.05, 0) is 36.6 Å². The van der Waals surface area contributed by atoms with Crippen LogP contribution in [0.5, 0.6) is 0 Å². The predicted octanol–water partition coefficient (Wildman–Crippen LogP) is 2.59. The Morgan fingerprint density at radius 1 is 1.42 bits per heavy atom. The molecule has 12 heavy (non-hydrogen) atoms. The van der Waals surface area contributed by atoms with Crippen molar-refractivity contribution in [1.82, 2.24) is 4.72 Å². The van der Waals surface area contributed by atoms with Gasteiger partial charge in [-0.25, -0.2) is 0 Å². The molecule has 0 unspecified atom stereocenters. The molecule has 2 rings (SSSR count). The van der Waals surface area contributed by atoms with E-state index in [4.69, 9.17) is 0 Å². The van der Waals surface area contributed by atoms with Crippen LogP contribution >= 0.6 is 11.9 Å². The van der Waals surface area contributed by atoms with Gasteiger partial charge in [-0.15, -0.1) is 0 Å². The van der Waals surface area contributed by atoms with Gasteiger partial charge in [-0.2, -0.15) is 0 Å². The minimum Gasteiger partial charge on any atom is -0.329 e. The molecule has 0 bridgehead atoms. The maximum absolute atomic E-state index is 3.28. The Hall–Kier alpha value is -0.890. The molecular formula is C10H11NS. The second-order valence-corrected chi connectivity index (χ2v) is 3.73. The van der Waals surface area contributed by atoms with Crippen molar-refractivity contribution in [2.75, 3.05) is 5.75 Å². The van der Waals surface area contributed by atoms with E-state index in [1.807, 2.05) is 0 Å². The van der Waals surface area contributed by atoms with Crippen LogP contribution in [0.4, 0.5) is 0 Å². The zero-order chi connectivity index (χ0) is 8.39. The lowest BCUT2D eigenvalue weighted by Gasteiger charge is -2.03. The Labute approximate surface area is 77.0 Å². The molecule has 1 nitrogen and oxygen atoms in total. The van der Waals surface area contributed by atoms with E-state index in [2.05, 4.69) is 42.0 Å². The SMILES string of the molecule is Cc1cccc(C2=CCSN2)c1.